The molecular formula is C7H11N3O2S. The van der Waals surface area contributed by atoms with Crippen molar-refractivity contribution in [2.75, 3.05) is 0 Å². The van der Waals surface area contributed by atoms with Gasteiger partial charge in [-0.05, 0) is 13.8 Å². The molecule has 1 N–H and O–H groups in total. The van der Waals surface area contributed by atoms with Crippen LogP contribution in [-0.4, -0.2) is 21.3 Å². The zero-order valence-corrected chi connectivity index (χ0v) is 8.34. The van der Waals surface area contributed by atoms with Crippen LogP contribution in [0.1, 0.15) is 18.6 Å². The van der Waals surface area contributed by atoms with Crippen LogP contribution in [0.5, 0.6) is 0 Å². The van der Waals surface area contributed by atoms with E-state index in [9.17, 15) is 4.79 Å². The Balaban J connectivity index is 2.39. The van der Waals surface area contributed by atoms with E-state index in [1.165, 1.54) is 0 Å². The van der Waals surface area contributed by atoms with Gasteiger partial charge in [0, 0.05) is 0 Å². The van der Waals surface area contributed by atoms with E-state index in [-0.39, 0.29) is 17.7 Å². The summed E-state index contributed by atoms with van der Waals surface area (Å²) >= 11 is 3.97. The van der Waals surface area contributed by atoms with Crippen LogP contribution >= 0.6 is 12.6 Å². The van der Waals surface area contributed by atoms with Crippen molar-refractivity contribution in [3.05, 3.63) is 11.7 Å². The fraction of sp³-hybridized carbons (Fsp3) is 0.571. The van der Waals surface area contributed by atoms with Crippen molar-refractivity contribution >= 4 is 18.5 Å². The molecule has 1 aromatic rings. The Morgan fingerprint density at radius 3 is 2.92 bits per heavy atom. The third-order valence-corrected chi connectivity index (χ3v) is 1.60. The molecule has 0 bridgehead atoms. The normalized spacial score (nSPS) is 12.5. The maximum atomic E-state index is 11.0. The summed E-state index contributed by atoms with van der Waals surface area (Å²) < 4.78 is 4.79. The maximum absolute atomic E-state index is 11.0. The Hall–Kier alpha value is -1.04. The predicted molar refractivity (Wildman–Crippen MR) is 49.3 cm³/mol. The summed E-state index contributed by atoms with van der Waals surface area (Å²) in [5.41, 5.74) is 0. The zero-order valence-electron chi connectivity index (χ0n) is 7.44. The molecule has 1 unspecified atom stereocenters. The van der Waals surface area contributed by atoms with Gasteiger partial charge in [-0.15, -0.1) is 0 Å². The number of thiol groups is 1. The van der Waals surface area contributed by atoms with Crippen LogP contribution in [-0.2, 0) is 11.3 Å². The zero-order chi connectivity index (χ0) is 9.84. The second-order valence-electron chi connectivity index (χ2n) is 2.63. The van der Waals surface area contributed by atoms with E-state index >= 15 is 0 Å². The van der Waals surface area contributed by atoms with Crippen LogP contribution in [0.25, 0.3) is 0 Å². The van der Waals surface area contributed by atoms with Gasteiger partial charge in [-0.1, -0.05) is 5.16 Å². The van der Waals surface area contributed by atoms with Gasteiger partial charge in [0.1, 0.15) is 0 Å². The second kappa shape index (κ2) is 4.27. The van der Waals surface area contributed by atoms with Crippen molar-refractivity contribution in [2.45, 2.75) is 25.6 Å². The lowest BCUT2D eigenvalue weighted by Crippen LogP contribution is -2.29. The Labute approximate surface area is 81.3 Å². The molecule has 0 aliphatic heterocycles. The number of aromatic nitrogens is 2. The molecule has 5 nitrogen and oxygen atoms in total. The average Bonchev–Trinajstić information content (AvgIpc) is 2.47. The van der Waals surface area contributed by atoms with Gasteiger partial charge in [-0.25, -0.2) is 0 Å². The topological polar surface area (TPSA) is 68.0 Å². The number of carbonyl (C=O) groups is 1. The molecule has 13 heavy (non-hydrogen) atoms. The lowest BCUT2D eigenvalue weighted by molar-refractivity contribution is -0.120. The molecule has 0 fully saturated rings. The molecule has 0 spiro atoms. The number of nitrogens with one attached hydrogen (secondary N) is 1. The predicted octanol–water partition coefficient (Wildman–Crippen LogP) is 0.313. The van der Waals surface area contributed by atoms with Crippen molar-refractivity contribution < 1.29 is 9.32 Å². The first-order valence-corrected chi connectivity index (χ1v) is 4.36. The van der Waals surface area contributed by atoms with E-state index < -0.39 is 0 Å². The van der Waals surface area contributed by atoms with Gasteiger partial charge in [-0.2, -0.15) is 17.6 Å². The second-order valence-corrected chi connectivity index (χ2v) is 3.40. The van der Waals surface area contributed by atoms with E-state index in [4.69, 9.17) is 4.52 Å². The highest BCUT2D eigenvalue weighted by molar-refractivity contribution is 7.81. The Morgan fingerprint density at radius 1 is 1.77 bits per heavy atom. The molecule has 72 valence electrons. The average molecular weight is 201 g/mol. The minimum Gasteiger partial charge on any atom is -0.346 e. The summed E-state index contributed by atoms with van der Waals surface area (Å²) in [6, 6.07) is 0. The van der Waals surface area contributed by atoms with E-state index in [0.717, 1.165) is 0 Å². The number of hydrogen-bond donors (Lipinski definition) is 2. The fourth-order valence-corrected chi connectivity index (χ4v) is 0.814. The molecule has 1 amide bonds. The minimum atomic E-state index is -0.330. The van der Waals surface area contributed by atoms with Crippen LogP contribution in [0.2, 0.25) is 0 Å². The SMILES string of the molecule is Cc1noc(CNC(=O)C(C)S)n1. The van der Waals surface area contributed by atoms with Crippen molar-refractivity contribution in [2.24, 2.45) is 0 Å². The summed E-state index contributed by atoms with van der Waals surface area (Å²) in [6.07, 6.45) is 0. The van der Waals surface area contributed by atoms with Gasteiger partial charge in [-0.3, -0.25) is 4.79 Å². The Kier molecular flexibility index (Phi) is 3.30. The van der Waals surface area contributed by atoms with Gasteiger partial charge in [0.05, 0.1) is 11.8 Å². The van der Waals surface area contributed by atoms with Gasteiger partial charge < -0.3 is 9.84 Å². The summed E-state index contributed by atoms with van der Waals surface area (Å²) in [7, 11) is 0. The highest BCUT2D eigenvalue weighted by Gasteiger charge is 2.09. The van der Waals surface area contributed by atoms with Crippen molar-refractivity contribution in [1.82, 2.24) is 15.5 Å². The molecule has 0 aliphatic carbocycles. The maximum Gasteiger partial charge on any atom is 0.246 e. The summed E-state index contributed by atoms with van der Waals surface area (Å²) in [4.78, 5) is 15.0. The van der Waals surface area contributed by atoms with E-state index in [2.05, 4.69) is 28.1 Å². The van der Waals surface area contributed by atoms with E-state index in [1.54, 1.807) is 13.8 Å². The molecular weight excluding hydrogens is 190 g/mol. The molecule has 1 aromatic heterocycles. The number of amides is 1. The van der Waals surface area contributed by atoms with Crippen molar-refractivity contribution in [1.29, 1.82) is 0 Å². The lowest BCUT2D eigenvalue weighted by Gasteiger charge is -2.03. The molecule has 0 aliphatic rings. The molecule has 1 rings (SSSR count). The number of carbonyl (C=O) groups excluding carboxylic acids is 1. The number of hydrogen-bond acceptors (Lipinski definition) is 5. The Bertz CT molecular complexity index is 298. The standard InChI is InChI=1S/C7H11N3O2S/c1-4(13)7(11)8-3-6-9-5(2)10-12-6/h4,13H,3H2,1-2H3,(H,8,11). The summed E-state index contributed by atoms with van der Waals surface area (Å²) in [5, 5.41) is 5.85. The van der Waals surface area contributed by atoms with Crippen LogP contribution in [0.3, 0.4) is 0 Å². The summed E-state index contributed by atoms with van der Waals surface area (Å²) in [6.45, 7) is 3.66. The highest BCUT2D eigenvalue weighted by atomic mass is 32.1. The first-order chi connectivity index (χ1) is 6.09. The summed E-state index contributed by atoms with van der Waals surface area (Å²) in [5.74, 6) is 0.808. The molecule has 0 radical (unpaired) electrons. The number of nitrogens with zero attached hydrogens (tertiary/aromatic N) is 2. The third-order valence-electron chi connectivity index (χ3n) is 1.36. The van der Waals surface area contributed by atoms with E-state index in [0.29, 0.717) is 11.7 Å². The van der Waals surface area contributed by atoms with Crippen molar-refractivity contribution in [3.8, 4) is 0 Å². The van der Waals surface area contributed by atoms with Gasteiger partial charge >= 0.3 is 0 Å². The third kappa shape index (κ3) is 3.06. The molecule has 1 heterocycles. The van der Waals surface area contributed by atoms with Gasteiger partial charge in [0.15, 0.2) is 5.82 Å². The molecule has 0 aromatic carbocycles. The van der Waals surface area contributed by atoms with Crippen molar-refractivity contribution in [3.63, 3.8) is 0 Å². The van der Waals surface area contributed by atoms with Crippen LogP contribution in [0.15, 0.2) is 4.52 Å². The van der Waals surface area contributed by atoms with Gasteiger partial charge in [0.25, 0.3) is 0 Å². The smallest absolute Gasteiger partial charge is 0.246 e. The monoisotopic (exact) mass is 201 g/mol. The first kappa shape index (κ1) is 10.0. The molecule has 1 atom stereocenters. The van der Waals surface area contributed by atoms with Crippen LogP contribution in [0, 0.1) is 6.92 Å². The first-order valence-electron chi connectivity index (χ1n) is 3.84. The lowest BCUT2D eigenvalue weighted by atomic mass is 10.4. The fourth-order valence-electron chi connectivity index (χ4n) is 0.722. The van der Waals surface area contributed by atoms with E-state index in [1.807, 2.05) is 0 Å². The minimum absolute atomic E-state index is 0.154. The molecule has 0 saturated heterocycles. The van der Waals surface area contributed by atoms with Crippen LogP contribution in [0.4, 0.5) is 0 Å². The Morgan fingerprint density at radius 2 is 2.46 bits per heavy atom. The molecule has 0 saturated carbocycles. The largest absolute Gasteiger partial charge is 0.346 e. The molecule has 6 heteroatoms. The highest BCUT2D eigenvalue weighted by Crippen LogP contribution is 1.96. The number of aryl methyl sites for hydroxylation is 1. The van der Waals surface area contributed by atoms with Gasteiger partial charge in [0.2, 0.25) is 11.8 Å². The number of rotatable bonds is 3. The van der Waals surface area contributed by atoms with Crippen LogP contribution < -0.4 is 5.32 Å². The quantitative estimate of drug-likeness (QED) is 0.691.